The fraction of sp³-hybridized carbons (Fsp3) is 0.450. The Morgan fingerprint density at radius 2 is 2.04 bits per heavy atom. The molecule has 4 rings (SSSR count). The summed E-state index contributed by atoms with van der Waals surface area (Å²) in [5.41, 5.74) is 3.02. The quantitative estimate of drug-likeness (QED) is 0.893. The lowest BCUT2D eigenvalue weighted by molar-refractivity contribution is 0.0945. The summed E-state index contributed by atoms with van der Waals surface area (Å²) in [7, 11) is 0. The van der Waals surface area contributed by atoms with Gasteiger partial charge in [0.2, 0.25) is 5.95 Å². The molecule has 2 aromatic rings. The maximum atomic E-state index is 12.7. The Balaban J connectivity index is 1.46. The molecule has 0 spiro atoms. The molecular weight excluding hydrogens is 348 g/mol. The van der Waals surface area contributed by atoms with Crippen LogP contribution >= 0.6 is 11.6 Å². The van der Waals surface area contributed by atoms with Crippen molar-refractivity contribution in [3.05, 3.63) is 52.3 Å². The number of carbonyl (C=O) groups excluding carboxylic acids is 1. The number of rotatable bonds is 4. The Hall–Kier alpha value is -2.14. The second-order valence-electron chi connectivity index (χ2n) is 7.06. The smallest absolute Gasteiger partial charge is 0.271 e. The highest BCUT2D eigenvalue weighted by molar-refractivity contribution is 6.33. The van der Waals surface area contributed by atoms with Gasteiger partial charge < -0.3 is 10.2 Å². The zero-order valence-corrected chi connectivity index (χ0v) is 15.5. The van der Waals surface area contributed by atoms with Crippen molar-refractivity contribution in [1.29, 1.82) is 0 Å². The average molecular weight is 371 g/mol. The Labute approximate surface area is 158 Å². The fourth-order valence-corrected chi connectivity index (χ4v) is 4.13. The highest BCUT2D eigenvalue weighted by Crippen LogP contribution is 2.31. The van der Waals surface area contributed by atoms with Crippen LogP contribution in [0.25, 0.3) is 0 Å². The first kappa shape index (κ1) is 17.3. The second kappa shape index (κ2) is 7.62. The first-order valence-electron chi connectivity index (χ1n) is 9.36. The van der Waals surface area contributed by atoms with Gasteiger partial charge in [0.15, 0.2) is 5.69 Å². The van der Waals surface area contributed by atoms with Gasteiger partial charge in [-0.05, 0) is 43.2 Å². The van der Waals surface area contributed by atoms with E-state index in [2.05, 4.69) is 44.5 Å². The monoisotopic (exact) mass is 370 g/mol. The van der Waals surface area contributed by atoms with Gasteiger partial charge in [-0.15, -0.1) is 0 Å². The summed E-state index contributed by atoms with van der Waals surface area (Å²) in [6.45, 7) is 2.47. The van der Waals surface area contributed by atoms with Gasteiger partial charge in [-0.2, -0.15) is 0 Å². The van der Waals surface area contributed by atoms with Gasteiger partial charge in [0.25, 0.3) is 5.91 Å². The summed E-state index contributed by atoms with van der Waals surface area (Å²) in [5.74, 6) is 0.725. The van der Waals surface area contributed by atoms with E-state index in [9.17, 15) is 4.79 Å². The molecule has 1 atom stereocenters. The molecule has 0 unspecified atom stereocenters. The van der Waals surface area contributed by atoms with Crippen molar-refractivity contribution < 1.29 is 4.79 Å². The normalized spacial score (nSPS) is 19.3. The minimum atomic E-state index is -0.221. The van der Waals surface area contributed by atoms with Gasteiger partial charge in [-0.25, -0.2) is 9.97 Å². The van der Waals surface area contributed by atoms with Crippen molar-refractivity contribution >= 4 is 23.5 Å². The Kier molecular flexibility index (Phi) is 5.07. The minimum absolute atomic E-state index is 0.221. The van der Waals surface area contributed by atoms with E-state index in [4.69, 9.17) is 11.6 Å². The zero-order chi connectivity index (χ0) is 17.9. The van der Waals surface area contributed by atoms with Crippen LogP contribution in [0.3, 0.4) is 0 Å². The lowest BCUT2D eigenvalue weighted by Gasteiger charge is -2.25. The predicted molar refractivity (Wildman–Crippen MR) is 103 cm³/mol. The Bertz CT molecular complexity index is 804. The van der Waals surface area contributed by atoms with E-state index < -0.39 is 0 Å². The van der Waals surface area contributed by atoms with E-state index in [0.717, 1.165) is 45.2 Å². The molecule has 1 aromatic heterocycles. The van der Waals surface area contributed by atoms with Crippen LogP contribution in [0.5, 0.6) is 0 Å². The summed E-state index contributed by atoms with van der Waals surface area (Å²) in [6.07, 6.45) is 7.17. The first-order valence-corrected chi connectivity index (χ1v) is 9.73. The van der Waals surface area contributed by atoms with E-state index in [0.29, 0.717) is 23.4 Å². The molecule has 0 saturated carbocycles. The number of aromatic nitrogens is 2. The standard InChI is InChI=1S/C20H23ClN4O/c21-17-13-23-20(25-10-3-4-11-25)24-18(17)19(26)22-12-15-8-5-7-14-6-1-2-9-16(14)15/h1-2,6,9,13,15H,3-5,7-8,10-12H2,(H,22,26)/t15-/m1/s1. The van der Waals surface area contributed by atoms with Gasteiger partial charge in [0.05, 0.1) is 11.2 Å². The number of benzene rings is 1. The SMILES string of the molecule is O=C(NC[C@H]1CCCc2ccccc21)c1nc(N2CCCC2)ncc1Cl. The molecule has 136 valence electrons. The molecule has 26 heavy (non-hydrogen) atoms. The first-order chi connectivity index (χ1) is 12.7. The maximum absolute atomic E-state index is 12.7. The topological polar surface area (TPSA) is 58.1 Å². The molecule has 2 aliphatic rings. The number of aryl methyl sites for hydroxylation is 1. The minimum Gasteiger partial charge on any atom is -0.350 e. The van der Waals surface area contributed by atoms with Crippen LogP contribution in [0.15, 0.2) is 30.5 Å². The lowest BCUT2D eigenvalue weighted by Crippen LogP contribution is -2.31. The van der Waals surface area contributed by atoms with E-state index in [1.807, 2.05) is 0 Å². The van der Waals surface area contributed by atoms with Crippen LogP contribution in [-0.2, 0) is 6.42 Å². The van der Waals surface area contributed by atoms with Crippen molar-refractivity contribution in [3.63, 3.8) is 0 Å². The van der Waals surface area contributed by atoms with Crippen LogP contribution < -0.4 is 10.2 Å². The largest absolute Gasteiger partial charge is 0.350 e. The molecule has 2 heterocycles. The summed E-state index contributed by atoms with van der Waals surface area (Å²) in [6, 6.07) is 8.52. The van der Waals surface area contributed by atoms with E-state index in [-0.39, 0.29) is 11.6 Å². The third-order valence-electron chi connectivity index (χ3n) is 5.34. The van der Waals surface area contributed by atoms with Crippen LogP contribution in [0.4, 0.5) is 5.95 Å². The molecule has 1 saturated heterocycles. The zero-order valence-electron chi connectivity index (χ0n) is 14.7. The number of hydrogen-bond donors (Lipinski definition) is 1. The number of amides is 1. The summed E-state index contributed by atoms with van der Waals surface area (Å²) in [4.78, 5) is 23.5. The number of halogens is 1. The van der Waals surface area contributed by atoms with Gasteiger partial charge in [0.1, 0.15) is 0 Å². The van der Waals surface area contributed by atoms with Crippen molar-refractivity contribution in [2.24, 2.45) is 0 Å². The van der Waals surface area contributed by atoms with Gasteiger partial charge in [-0.3, -0.25) is 4.79 Å². The molecule has 1 N–H and O–H groups in total. The summed E-state index contributed by atoms with van der Waals surface area (Å²) >= 11 is 6.20. The second-order valence-corrected chi connectivity index (χ2v) is 7.47. The van der Waals surface area contributed by atoms with E-state index >= 15 is 0 Å². The maximum Gasteiger partial charge on any atom is 0.271 e. The molecule has 1 aromatic carbocycles. The van der Waals surface area contributed by atoms with Crippen LogP contribution in [-0.4, -0.2) is 35.5 Å². The predicted octanol–water partition coefficient (Wildman–Crippen LogP) is 3.58. The van der Waals surface area contributed by atoms with E-state index in [1.54, 1.807) is 0 Å². The molecule has 1 aliphatic heterocycles. The third-order valence-corrected chi connectivity index (χ3v) is 5.61. The summed E-state index contributed by atoms with van der Waals surface area (Å²) < 4.78 is 0. The molecule has 6 heteroatoms. The molecule has 0 radical (unpaired) electrons. The van der Waals surface area contributed by atoms with Crippen molar-refractivity contribution in [2.75, 3.05) is 24.5 Å². The third kappa shape index (κ3) is 3.54. The fourth-order valence-electron chi connectivity index (χ4n) is 3.95. The van der Waals surface area contributed by atoms with Gasteiger partial charge >= 0.3 is 0 Å². The molecule has 1 aliphatic carbocycles. The average Bonchev–Trinajstić information content (AvgIpc) is 3.21. The Morgan fingerprint density at radius 1 is 1.23 bits per heavy atom. The number of carbonyl (C=O) groups is 1. The highest BCUT2D eigenvalue weighted by atomic mass is 35.5. The van der Waals surface area contributed by atoms with Gasteiger partial charge in [0, 0.05) is 25.6 Å². The molecular formula is C20H23ClN4O. The van der Waals surface area contributed by atoms with Crippen molar-refractivity contribution in [3.8, 4) is 0 Å². The summed E-state index contributed by atoms with van der Waals surface area (Å²) in [5, 5.41) is 3.34. The number of nitrogens with zero attached hydrogens (tertiary/aromatic N) is 3. The lowest BCUT2D eigenvalue weighted by atomic mass is 9.83. The molecule has 1 amide bonds. The van der Waals surface area contributed by atoms with Crippen LogP contribution in [0, 0.1) is 0 Å². The van der Waals surface area contributed by atoms with Gasteiger partial charge in [-0.1, -0.05) is 35.9 Å². The van der Waals surface area contributed by atoms with Crippen LogP contribution in [0.2, 0.25) is 5.02 Å². The number of fused-ring (bicyclic) bond motifs is 1. The molecule has 5 nitrogen and oxygen atoms in total. The Morgan fingerprint density at radius 3 is 2.88 bits per heavy atom. The van der Waals surface area contributed by atoms with E-state index in [1.165, 1.54) is 17.3 Å². The van der Waals surface area contributed by atoms with Crippen LogP contribution in [0.1, 0.15) is 53.2 Å². The number of hydrogen-bond acceptors (Lipinski definition) is 4. The van der Waals surface area contributed by atoms with Crippen molar-refractivity contribution in [1.82, 2.24) is 15.3 Å². The van der Waals surface area contributed by atoms with Crippen molar-refractivity contribution in [2.45, 2.75) is 38.0 Å². The number of nitrogens with one attached hydrogen (secondary N) is 1. The number of anilines is 1. The molecule has 1 fully saturated rings. The molecule has 0 bridgehead atoms. The highest BCUT2D eigenvalue weighted by Gasteiger charge is 2.23.